The molecule has 4 aromatic rings. The van der Waals surface area contributed by atoms with Crippen LogP contribution in [0.25, 0.3) is 16.7 Å². The molecule has 0 fully saturated rings. The zero-order valence-corrected chi connectivity index (χ0v) is 17.6. The van der Waals surface area contributed by atoms with E-state index in [0.717, 1.165) is 41.1 Å². The first-order chi connectivity index (χ1) is 16.5. The summed E-state index contributed by atoms with van der Waals surface area (Å²) in [5.74, 6) is -4.79. The van der Waals surface area contributed by atoms with Crippen LogP contribution in [-0.4, -0.2) is 37.1 Å². The standard InChI is InChI=1S/C21H15F5N6O3/c1-9-16-17(19(27)29-8-28-16)32(31-9)13-6-5-12(14(22)15(13)23)30-20(34)18(33)10-3-2-4-11(7-10)35-21(24,25)26/h2-8,18,33H,1H3,(H,30,34)(H2,27,28,29). The fraction of sp³-hybridized carbons (Fsp3) is 0.143. The maximum atomic E-state index is 14.9. The average molecular weight is 494 g/mol. The Morgan fingerprint density at radius 1 is 1.17 bits per heavy atom. The quantitative estimate of drug-likeness (QED) is 0.362. The highest BCUT2D eigenvalue weighted by atomic mass is 19.4. The van der Waals surface area contributed by atoms with Gasteiger partial charge in [-0.1, -0.05) is 12.1 Å². The molecule has 0 aliphatic rings. The van der Waals surface area contributed by atoms with E-state index in [4.69, 9.17) is 5.73 Å². The summed E-state index contributed by atoms with van der Waals surface area (Å²) in [5.41, 5.74) is 5.45. The van der Waals surface area contributed by atoms with E-state index in [1.165, 1.54) is 6.33 Å². The minimum absolute atomic E-state index is 0.0207. The van der Waals surface area contributed by atoms with Crippen LogP contribution < -0.4 is 15.8 Å². The summed E-state index contributed by atoms with van der Waals surface area (Å²) in [7, 11) is 0. The van der Waals surface area contributed by atoms with Crippen molar-refractivity contribution >= 4 is 28.4 Å². The van der Waals surface area contributed by atoms with Gasteiger partial charge in [-0.3, -0.25) is 4.79 Å². The zero-order chi connectivity index (χ0) is 25.5. The number of benzene rings is 2. The predicted molar refractivity (Wildman–Crippen MR) is 112 cm³/mol. The Morgan fingerprint density at radius 3 is 2.63 bits per heavy atom. The minimum atomic E-state index is -4.98. The van der Waals surface area contributed by atoms with Gasteiger partial charge in [0.2, 0.25) is 0 Å². The second kappa shape index (κ2) is 8.79. The van der Waals surface area contributed by atoms with E-state index in [-0.39, 0.29) is 22.6 Å². The summed E-state index contributed by atoms with van der Waals surface area (Å²) < 4.78 is 71.7. The van der Waals surface area contributed by atoms with Crippen LogP contribution in [-0.2, 0) is 4.79 Å². The maximum Gasteiger partial charge on any atom is 0.573 e. The first-order valence-electron chi connectivity index (χ1n) is 9.75. The Labute approximate surface area is 193 Å². The number of fused-ring (bicyclic) bond motifs is 1. The SMILES string of the molecule is Cc1nn(-c2ccc(NC(=O)C(O)c3cccc(OC(F)(F)F)c3)c(F)c2F)c2c(N)ncnc12. The van der Waals surface area contributed by atoms with Crippen LogP contribution in [0.15, 0.2) is 42.7 Å². The molecule has 0 spiro atoms. The van der Waals surface area contributed by atoms with Gasteiger partial charge >= 0.3 is 6.36 Å². The number of hydrogen-bond acceptors (Lipinski definition) is 7. The highest BCUT2D eigenvalue weighted by Crippen LogP contribution is 2.30. The molecule has 0 aliphatic carbocycles. The molecule has 4 rings (SSSR count). The number of rotatable bonds is 5. The number of amides is 1. The fourth-order valence-corrected chi connectivity index (χ4v) is 3.32. The lowest BCUT2D eigenvalue weighted by Gasteiger charge is -2.15. The number of nitrogens with two attached hydrogens (primary N) is 1. The minimum Gasteiger partial charge on any atom is -0.406 e. The lowest BCUT2D eigenvalue weighted by Crippen LogP contribution is -2.22. The summed E-state index contributed by atoms with van der Waals surface area (Å²) in [4.78, 5) is 20.2. The fourth-order valence-electron chi connectivity index (χ4n) is 3.32. The predicted octanol–water partition coefficient (Wildman–Crippen LogP) is 3.56. The molecule has 2 aromatic heterocycles. The molecule has 1 unspecified atom stereocenters. The second-order valence-electron chi connectivity index (χ2n) is 7.23. The lowest BCUT2D eigenvalue weighted by atomic mass is 10.1. The molecule has 1 amide bonds. The lowest BCUT2D eigenvalue weighted by molar-refractivity contribution is -0.274. The van der Waals surface area contributed by atoms with Crippen molar-refractivity contribution in [2.45, 2.75) is 19.4 Å². The summed E-state index contributed by atoms with van der Waals surface area (Å²) in [5, 5.41) is 16.3. The van der Waals surface area contributed by atoms with Crippen molar-refractivity contribution in [2.24, 2.45) is 0 Å². The Kier molecular flexibility index (Phi) is 5.98. The summed E-state index contributed by atoms with van der Waals surface area (Å²) in [6, 6.07) is 6.16. The molecule has 4 N–H and O–H groups in total. The average Bonchev–Trinajstić information content (AvgIpc) is 3.13. The van der Waals surface area contributed by atoms with Gasteiger partial charge in [-0.25, -0.2) is 23.4 Å². The third kappa shape index (κ3) is 4.68. The molecular weight excluding hydrogens is 479 g/mol. The van der Waals surface area contributed by atoms with Gasteiger partial charge in [0.05, 0.1) is 11.4 Å². The van der Waals surface area contributed by atoms with Gasteiger partial charge in [0.15, 0.2) is 23.6 Å². The molecule has 35 heavy (non-hydrogen) atoms. The van der Waals surface area contributed by atoms with Crippen LogP contribution in [0.4, 0.5) is 33.5 Å². The van der Waals surface area contributed by atoms with Crippen molar-refractivity contribution in [1.82, 2.24) is 19.7 Å². The number of anilines is 2. The van der Waals surface area contributed by atoms with E-state index >= 15 is 0 Å². The number of hydrogen-bond donors (Lipinski definition) is 3. The molecule has 2 heterocycles. The number of carbonyl (C=O) groups excluding carboxylic acids is 1. The molecule has 0 radical (unpaired) electrons. The number of nitrogens with one attached hydrogen (secondary N) is 1. The molecule has 1 atom stereocenters. The first-order valence-corrected chi connectivity index (χ1v) is 9.75. The summed E-state index contributed by atoms with van der Waals surface area (Å²) >= 11 is 0. The van der Waals surface area contributed by atoms with Gasteiger partial charge in [-0.15, -0.1) is 13.2 Å². The number of carbonyl (C=O) groups is 1. The Balaban J connectivity index is 1.61. The topological polar surface area (TPSA) is 128 Å². The summed E-state index contributed by atoms with van der Waals surface area (Å²) in [6.45, 7) is 1.59. The van der Waals surface area contributed by atoms with E-state index in [9.17, 15) is 31.9 Å². The number of halogens is 5. The molecular formula is C21H15F5N6O3. The van der Waals surface area contributed by atoms with Gasteiger partial charge in [0.1, 0.15) is 28.8 Å². The maximum absolute atomic E-state index is 14.9. The Morgan fingerprint density at radius 2 is 1.91 bits per heavy atom. The van der Waals surface area contributed by atoms with Gasteiger partial charge in [0, 0.05) is 0 Å². The molecule has 0 saturated heterocycles. The van der Waals surface area contributed by atoms with Crippen LogP contribution in [0.3, 0.4) is 0 Å². The molecule has 0 saturated carbocycles. The highest BCUT2D eigenvalue weighted by molar-refractivity contribution is 5.95. The van der Waals surface area contributed by atoms with E-state index in [1.807, 2.05) is 5.32 Å². The monoisotopic (exact) mass is 494 g/mol. The molecule has 14 heteroatoms. The van der Waals surface area contributed by atoms with Crippen LogP contribution in [0.2, 0.25) is 0 Å². The molecule has 182 valence electrons. The molecule has 0 aliphatic heterocycles. The number of nitrogens with zero attached hydrogens (tertiary/aromatic N) is 4. The van der Waals surface area contributed by atoms with Gasteiger partial charge in [-0.05, 0) is 36.8 Å². The van der Waals surface area contributed by atoms with E-state index in [1.54, 1.807) is 6.92 Å². The zero-order valence-electron chi connectivity index (χ0n) is 17.6. The smallest absolute Gasteiger partial charge is 0.406 e. The third-order valence-corrected chi connectivity index (χ3v) is 4.86. The molecule has 0 bridgehead atoms. The Bertz CT molecular complexity index is 1440. The largest absolute Gasteiger partial charge is 0.573 e. The number of aliphatic hydroxyl groups excluding tert-OH is 1. The van der Waals surface area contributed by atoms with Crippen molar-refractivity contribution in [2.75, 3.05) is 11.1 Å². The Hall–Kier alpha value is -4.33. The van der Waals surface area contributed by atoms with Crippen molar-refractivity contribution in [3.63, 3.8) is 0 Å². The number of ether oxygens (including phenoxy) is 1. The van der Waals surface area contributed by atoms with Gasteiger partial charge < -0.3 is 20.9 Å². The molecule has 2 aromatic carbocycles. The van der Waals surface area contributed by atoms with Crippen molar-refractivity contribution < 1.29 is 36.6 Å². The number of nitrogen functional groups attached to an aromatic ring is 1. The third-order valence-electron chi connectivity index (χ3n) is 4.86. The number of aliphatic hydroxyl groups is 1. The van der Waals surface area contributed by atoms with E-state index in [2.05, 4.69) is 19.8 Å². The van der Waals surface area contributed by atoms with Gasteiger partial charge in [0.25, 0.3) is 5.91 Å². The van der Waals surface area contributed by atoms with Gasteiger partial charge in [-0.2, -0.15) is 5.10 Å². The van der Waals surface area contributed by atoms with Crippen LogP contribution in [0.1, 0.15) is 17.4 Å². The van der Waals surface area contributed by atoms with Crippen molar-refractivity contribution in [1.29, 1.82) is 0 Å². The molecule has 9 nitrogen and oxygen atoms in total. The van der Waals surface area contributed by atoms with Crippen molar-refractivity contribution in [3.8, 4) is 11.4 Å². The van der Waals surface area contributed by atoms with Crippen LogP contribution in [0.5, 0.6) is 5.75 Å². The van der Waals surface area contributed by atoms with Crippen LogP contribution in [0, 0.1) is 18.6 Å². The number of alkyl halides is 3. The second-order valence-corrected chi connectivity index (χ2v) is 7.23. The first kappa shape index (κ1) is 23.8. The number of aryl methyl sites for hydroxylation is 1. The number of aromatic nitrogens is 4. The van der Waals surface area contributed by atoms with E-state index in [0.29, 0.717) is 11.2 Å². The van der Waals surface area contributed by atoms with E-state index < -0.39 is 41.4 Å². The normalized spacial score (nSPS) is 12.5. The van der Waals surface area contributed by atoms with Crippen molar-refractivity contribution in [3.05, 3.63) is 65.6 Å². The summed E-state index contributed by atoms with van der Waals surface area (Å²) in [6.07, 6.45) is -5.80. The highest BCUT2D eigenvalue weighted by Gasteiger charge is 2.31. The van der Waals surface area contributed by atoms with Crippen LogP contribution >= 0.6 is 0 Å².